The predicted octanol–water partition coefficient (Wildman–Crippen LogP) is -7.22. The van der Waals surface area contributed by atoms with E-state index in [0.29, 0.717) is 23.5 Å². The van der Waals surface area contributed by atoms with Crippen molar-refractivity contribution < 1.29 is 124 Å². The maximum atomic E-state index is 13.2. The number of amides is 4. The summed E-state index contributed by atoms with van der Waals surface area (Å²) >= 11 is 1.25. The first kappa shape index (κ1) is 64.8. The first-order chi connectivity index (χ1) is 36.5. The van der Waals surface area contributed by atoms with E-state index < -0.39 is 177 Å². The quantitative estimate of drug-likeness (QED) is 0.0160. The molecule has 0 saturated carbocycles. The van der Waals surface area contributed by atoms with Crippen molar-refractivity contribution in [2.24, 2.45) is 11.7 Å². The number of hydrogen-bond donors (Lipinski definition) is 20. The van der Waals surface area contributed by atoms with E-state index in [-0.39, 0.29) is 30.9 Å². The molecule has 33 nitrogen and oxygen atoms in total. The van der Waals surface area contributed by atoms with Crippen molar-refractivity contribution in [3.8, 4) is 11.8 Å². The first-order valence-corrected chi connectivity index (χ1v) is 25.1. The van der Waals surface area contributed by atoms with Gasteiger partial charge < -0.3 is 122 Å². The highest BCUT2D eigenvalue weighted by atomic mass is 32.2. The average molecular weight is 1140 g/mol. The molecule has 0 aromatic carbocycles. The molecule has 0 bridgehead atoms. The maximum Gasteiger partial charge on any atom is 0.377 e. The van der Waals surface area contributed by atoms with Gasteiger partial charge in [-0.3, -0.25) is 29.2 Å². The molecule has 3 aliphatic heterocycles. The molecule has 16 atom stereocenters. The van der Waals surface area contributed by atoms with Crippen LogP contribution in [0.5, 0.6) is 11.8 Å². The van der Waals surface area contributed by atoms with Gasteiger partial charge in [-0.15, -0.1) is 11.8 Å². The molecule has 3 aliphatic rings. The molecule has 21 N–H and O–H groups in total. The van der Waals surface area contributed by atoms with Crippen molar-refractivity contribution >= 4 is 53.3 Å². The van der Waals surface area contributed by atoms with Gasteiger partial charge in [0.05, 0.1) is 80.0 Å². The van der Waals surface area contributed by atoms with Crippen molar-refractivity contribution in [2.75, 3.05) is 32.6 Å². The number of aromatic hydroxyl groups is 2. The standard InChI is InChI=1S/C44H70N8O25S/c1-18(55)48-31-23(59)12-43(40(68)69,74-25(31)14-47-51-29(61)7-8-52-30(62)10-27(38(52)65)78-9-5-6-28(45)46-4)73-17-21(15-53)34(63)36-33(50-20(3)57)24(60)13-44(77-36,41(70)71)75-26(16-54)35(64)37-32(49-19(2)56)22(58)11-42(72,76-37)39(66)67/h10,14,21-24,26,28,31-37,46-47,53-54,58-60,62-65,72H,5-9,11-13,15-17,45H2,1-4H3,(H,48,55)(H,49,56)(H,50,57)(H,51,61)(H,66,67)(H,68,69)(H,70,71). The van der Waals surface area contributed by atoms with Gasteiger partial charge in [0.2, 0.25) is 29.5 Å². The minimum atomic E-state index is -3.29. The normalized spacial score (nSPS) is 30.6. The van der Waals surface area contributed by atoms with Crippen LogP contribution in [0.15, 0.2) is 22.9 Å². The van der Waals surface area contributed by atoms with Crippen LogP contribution in [0.25, 0.3) is 0 Å². The lowest BCUT2D eigenvalue weighted by atomic mass is 9.85. The Morgan fingerprint density at radius 1 is 0.833 bits per heavy atom. The number of nitrogens with two attached hydrogens (primary N) is 1. The molecule has 1 aromatic heterocycles. The molecular weight excluding hydrogens is 1070 g/mol. The largest absolute Gasteiger partial charge is 0.494 e. The van der Waals surface area contributed by atoms with Crippen molar-refractivity contribution in [1.82, 2.24) is 36.7 Å². The number of hydrogen-bond acceptors (Lipinski definition) is 26. The lowest BCUT2D eigenvalue weighted by Crippen LogP contribution is -2.70. The monoisotopic (exact) mass is 1140 g/mol. The van der Waals surface area contributed by atoms with Crippen LogP contribution in [0, 0.1) is 5.92 Å². The minimum Gasteiger partial charge on any atom is -0.494 e. The summed E-state index contributed by atoms with van der Waals surface area (Å²) in [6, 6.07) is -3.75. The third-order valence-electron chi connectivity index (χ3n) is 12.8. The molecular formula is C44H70N8O25S. The number of nitrogens with zero attached hydrogens (tertiary/aromatic N) is 1. The van der Waals surface area contributed by atoms with E-state index in [9.17, 15) is 99.9 Å². The molecule has 0 radical (unpaired) electrons. The second-order valence-electron chi connectivity index (χ2n) is 18.7. The van der Waals surface area contributed by atoms with Gasteiger partial charge in [0.25, 0.3) is 11.6 Å². The summed E-state index contributed by atoms with van der Waals surface area (Å²) < 4.78 is 29.0. The maximum absolute atomic E-state index is 13.2. The van der Waals surface area contributed by atoms with E-state index in [2.05, 4.69) is 32.1 Å². The molecule has 442 valence electrons. The fraction of sp³-hybridized carbons (Fsp3) is 0.705. The number of carboxylic acid groups (broad SMARTS) is 3. The van der Waals surface area contributed by atoms with Gasteiger partial charge in [-0.1, -0.05) is 0 Å². The number of carbonyl (C=O) groups is 7. The number of nitrogens with one attached hydrogen (secondary N) is 6. The Kier molecular flexibility index (Phi) is 23.2. The Hall–Kier alpha value is -5.70. The summed E-state index contributed by atoms with van der Waals surface area (Å²) in [7, 11) is 1.71. The van der Waals surface area contributed by atoms with E-state index >= 15 is 0 Å². The van der Waals surface area contributed by atoms with E-state index in [1.165, 1.54) is 17.8 Å². The molecule has 0 aliphatic carbocycles. The van der Waals surface area contributed by atoms with Crippen molar-refractivity contribution in [1.29, 1.82) is 0 Å². The Morgan fingerprint density at radius 2 is 1.41 bits per heavy atom. The topological polar surface area (TPSA) is 532 Å². The second-order valence-corrected chi connectivity index (χ2v) is 19.8. The van der Waals surface area contributed by atoms with Gasteiger partial charge in [-0.25, -0.2) is 14.4 Å². The van der Waals surface area contributed by atoms with Crippen LogP contribution < -0.4 is 37.9 Å². The van der Waals surface area contributed by atoms with E-state index in [1.807, 2.05) is 0 Å². The predicted molar refractivity (Wildman–Crippen MR) is 258 cm³/mol. The van der Waals surface area contributed by atoms with E-state index in [1.54, 1.807) is 7.05 Å². The van der Waals surface area contributed by atoms with Crippen LogP contribution in [0.4, 0.5) is 0 Å². The number of aliphatic hydroxyl groups is 8. The molecule has 16 unspecified atom stereocenters. The molecule has 4 heterocycles. The SMILES string of the molecule is CNC(N)CCCSc1cc(O)n(CCC(=O)NNC=C2OC(OCC(CO)C(O)C3OC(OC(CO)C(O)C4OC(O)(C(=O)O)CC(O)C4NC(C)=O)(C(=O)O)CC(O)C3NC(C)=O)(C(=O)O)CC(O)C2NC(C)=O)c1O. The first-order valence-electron chi connectivity index (χ1n) is 24.1. The van der Waals surface area contributed by atoms with Gasteiger partial charge >= 0.3 is 23.7 Å². The highest BCUT2D eigenvalue weighted by molar-refractivity contribution is 7.99. The number of carboxylic acids is 3. The van der Waals surface area contributed by atoms with Crippen LogP contribution >= 0.6 is 11.8 Å². The summed E-state index contributed by atoms with van der Waals surface area (Å²) in [4.78, 5) is 88.0. The average Bonchev–Trinajstić information content (AvgIpc) is 3.64. The highest BCUT2D eigenvalue weighted by Gasteiger charge is 2.60. The Morgan fingerprint density at radius 3 is 1.95 bits per heavy atom. The van der Waals surface area contributed by atoms with Crippen LogP contribution in [0.2, 0.25) is 0 Å². The molecule has 3 fully saturated rings. The molecule has 78 heavy (non-hydrogen) atoms. The number of aliphatic carboxylic acids is 3. The van der Waals surface area contributed by atoms with Crippen molar-refractivity contribution in [3.05, 3.63) is 18.0 Å². The lowest BCUT2D eigenvalue weighted by Gasteiger charge is -2.49. The summed E-state index contributed by atoms with van der Waals surface area (Å²) in [5.41, 5.74) is 10.4. The molecule has 0 spiro atoms. The zero-order chi connectivity index (χ0) is 58.6. The third kappa shape index (κ3) is 16.0. The smallest absolute Gasteiger partial charge is 0.377 e. The molecule has 34 heteroatoms. The fourth-order valence-electron chi connectivity index (χ4n) is 8.76. The Balaban J connectivity index is 1.57. The van der Waals surface area contributed by atoms with Crippen LogP contribution in [0.3, 0.4) is 0 Å². The summed E-state index contributed by atoms with van der Waals surface area (Å²) in [6.45, 7) is -0.973. The minimum absolute atomic E-state index is 0.219. The number of thioether (sulfide) groups is 1. The fourth-order valence-corrected chi connectivity index (χ4v) is 9.72. The van der Waals surface area contributed by atoms with E-state index in [4.69, 9.17) is 29.4 Å². The van der Waals surface area contributed by atoms with Gasteiger partial charge in [0.1, 0.15) is 36.2 Å². The molecule has 4 rings (SSSR count). The van der Waals surface area contributed by atoms with Crippen molar-refractivity contribution in [2.45, 2.75) is 161 Å². The zero-order valence-electron chi connectivity index (χ0n) is 42.6. The molecule has 3 saturated heterocycles. The Bertz CT molecular complexity index is 2320. The number of hydrazine groups is 1. The molecule has 4 amide bonds. The second kappa shape index (κ2) is 27.9. The van der Waals surface area contributed by atoms with Crippen molar-refractivity contribution in [3.63, 3.8) is 0 Å². The number of aliphatic hydroxyl groups excluding tert-OH is 7. The van der Waals surface area contributed by atoms with Gasteiger partial charge in [0, 0.05) is 58.6 Å². The summed E-state index contributed by atoms with van der Waals surface area (Å²) in [5, 5.41) is 150. The zero-order valence-corrected chi connectivity index (χ0v) is 43.4. The number of rotatable bonds is 28. The molecule has 1 aromatic rings. The van der Waals surface area contributed by atoms with E-state index in [0.717, 1.165) is 31.5 Å². The van der Waals surface area contributed by atoms with Crippen LogP contribution in [-0.2, 0) is 63.8 Å². The number of ether oxygens (including phenoxy) is 5. The number of carbonyl (C=O) groups excluding carboxylic acids is 4. The third-order valence-corrected chi connectivity index (χ3v) is 13.9. The van der Waals surface area contributed by atoms with Gasteiger partial charge in [-0.05, 0) is 25.6 Å². The highest BCUT2D eigenvalue weighted by Crippen LogP contribution is 2.40. The number of aromatic nitrogens is 1. The van der Waals surface area contributed by atoms with Crippen LogP contribution in [-0.4, -0.2) is 236 Å². The lowest BCUT2D eigenvalue weighted by molar-refractivity contribution is -0.343. The summed E-state index contributed by atoms with van der Waals surface area (Å²) in [6.07, 6.45) is -19.1. The van der Waals surface area contributed by atoms with Gasteiger partial charge in [0.15, 0.2) is 5.88 Å². The Labute approximate surface area is 447 Å². The van der Waals surface area contributed by atoms with Gasteiger partial charge in [-0.2, -0.15) is 0 Å². The van der Waals surface area contributed by atoms with Crippen LogP contribution in [0.1, 0.15) is 59.3 Å². The summed E-state index contributed by atoms with van der Waals surface area (Å²) in [5.74, 6) is -21.4.